The van der Waals surface area contributed by atoms with Crippen LogP contribution < -0.4 is 0 Å². The van der Waals surface area contributed by atoms with Crippen LogP contribution in [0.1, 0.15) is 79.4 Å². The van der Waals surface area contributed by atoms with E-state index in [1.165, 1.54) is 0 Å². The number of aromatic hydroxyl groups is 4. The average Bonchev–Trinajstić information content (AvgIpc) is 3.15. The van der Waals surface area contributed by atoms with Gasteiger partial charge in [0.05, 0.1) is 0 Å². The summed E-state index contributed by atoms with van der Waals surface area (Å²) in [5.74, 6) is 0.468. The molecule has 2 heterocycles. The van der Waals surface area contributed by atoms with Gasteiger partial charge in [0.2, 0.25) is 0 Å². The molecule has 2 rings (SSSR count). The summed E-state index contributed by atoms with van der Waals surface area (Å²) in [5, 5.41) is 41.9. The van der Waals surface area contributed by atoms with Crippen molar-refractivity contribution in [2.24, 2.45) is 0 Å². The largest absolute Gasteiger partial charge is 0.494 e. The van der Waals surface area contributed by atoms with Crippen LogP contribution in [0, 0.1) is 0 Å². The molecule has 2 aromatic heterocycles. The van der Waals surface area contributed by atoms with Gasteiger partial charge < -0.3 is 24.9 Å². The molecule has 0 aliphatic rings. The molecule has 2 aromatic rings. The van der Waals surface area contributed by atoms with Crippen LogP contribution in [0.25, 0.3) is 0 Å². The third-order valence-electron chi connectivity index (χ3n) is 6.66. The number of hydrogen-bond acceptors (Lipinski definition) is 5. The van der Waals surface area contributed by atoms with Gasteiger partial charge >= 0.3 is 0 Å². The lowest BCUT2D eigenvalue weighted by Crippen LogP contribution is -2.37. The summed E-state index contributed by atoms with van der Waals surface area (Å²) < 4.78 is 9.53. The SMILES string of the molecule is CCO[Si](CC)(CCCc1cc(O)n(C(C)(C)C)c1O)CCCc1cc(O)n(C(C)(C)C)c1O. The van der Waals surface area contributed by atoms with Crippen LogP contribution in [-0.4, -0.2) is 44.5 Å². The van der Waals surface area contributed by atoms with Crippen molar-refractivity contribution in [2.45, 2.75) is 110 Å². The predicted octanol–water partition coefficient (Wildman–Crippen LogP) is 6.19. The minimum absolute atomic E-state index is 0.0917. The van der Waals surface area contributed by atoms with Crippen LogP contribution in [0.2, 0.25) is 18.1 Å². The molecule has 7 nitrogen and oxygen atoms in total. The van der Waals surface area contributed by atoms with Gasteiger partial charge in [-0.05, 0) is 92.3 Å². The van der Waals surface area contributed by atoms with Gasteiger partial charge in [-0.15, -0.1) is 0 Å². The van der Waals surface area contributed by atoms with Crippen LogP contribution in [0.5, 0.6) is 23.5 Å². The van der Waals surface area contributed by atoms with Crippen LogP contribution in [0.4, 0.5) is 0 Å². The van der Waals surface area contributed by atoms with E-state index >= 15 is 0 Å². The normalized spacial score (nSPS) is 13.1. The number of rotatable bonds is 11. The molecule has 8 heteroatoms. The molecule has 0 unspecified atom stereocenters. The predicted molar refractivity (Wildman–Crippen MR) is 140 cm³/mol. The maximum Gasteiger partial charge on any atom is 0.197 e. The Bertz CT molecular complexity index is 880. The average molecular weight is 495 g/mol. The molecule has 0 aromatic carbocycles. The van der Waals surface area contributed by atoms with E-state index < -0.39 is 19.4 Å². The highest BCUT2D eigenvalue weighted by atomic mass is 28.4. The Morgan fingerprint density at radius 1 is 0.735 bits per heavy atom. The maximum atomic E-state index is 10.6. The molecule has 4 N–H and O–H groups in total. The molecule has 0 fully saturated rings. The molecule has 0 saturated carbocycles. The fourth-order valence-electron chi connectivity index (χ4n) is 5.00. The maximum absolute atomic E-state index is 10.6. The van der Waals surface area contributed by atoms with E-state index in [2.05, 4.69) is 6.92 Å². The summed E-state index contributed by atoms with van der Waals surface area (Å²) in [6.45, 7) is 16.6. The summed E-state index contributed by atoms with van der Waals surface area (Å²) in [5.41, 5.74) is 0.746. The highest BCUT2D eigenvalue weighted by molar-refractivity contribution is 6.73. The number of nitrogens with zero attached hydrogens (tertiary/aromatic N) is 2. The van der Waals surface area contributed by atoms with Gasteiger partial charge in [-0.25, -0.2) is 0 Å². The molecule has 34 heavy (non-hydrogen) atoms. The highest BCUT2D eigenvalue weighted by Gasteiger charge is 2.33. The van der Waals surface area contributed by atoms with Crippen molar-refractivity contribution in [3.63, 3.8) is 0 Å². The monoisotopic (exact) mass is 494 g/mol. The Morgan fingerprint density at radius 3 is 1.38 bits per heavy atom. The summed E-state index contributed by atoms with van der Waals surface area (Å²) in [4.78, 5) is 0. The van der Waals surface area contributed by atoms with E-state index in [4.69, 9.17) is 4.43 Å². The minimum atomic E-state index is -2.00. The van der Waals surface area contributed by atoms with Crippen molar-refractivity contribution in [1.82, 2.24) is 9.13 Å². The smallest absolute Gasteiger partial charge is 0.197 e. The molecule has 0 atom stereocenters. The molecule has 0 amide bonds. The summed E-state index contributed by atoms with van der Waals surface area (Å²) in [7, 11) is -2.00. The summed E-state index contributed by atoms with van der Waals surface area (Å²) >= 11 is 0. The first kappa shape index (κ1) is 28.2. The van der Waals surface area contributed by atoms with Crippen molar-refractivity contribution >= 4 is 8.32 Å². The number of aromatic nitrogens is 2. The van der Waals surface area contributed by atoms with Gasteiger partial charge in [-0.3, -0.25) is 9.13 Å². The molecular weight excluding hydrogens is 448 g/mol. The van der Waals surface area contributed by atoms with Crippen molar-refractivity contribution < 1.29 is 24.9 Å². The lowest BCUT2D eigenvalue weighted by molar-refractivity contribution is 0.282. The van der Waals surface area contributed by atoms with Gasteiger partial charge in [0, 0.05) is 40.9 Å². The minimum Gasteiger partial charge on any atom is -0.494 e. The number of hydrogen-bond donors (Lipinski definition) is 4. The van der Waals surface area contributed by atoms with E-state index in [0.717, 1.165) is 42.1 Å². The highest BCUT2D eigenvalue weighted by Crippen LogP contribution is 2.37. The van der Waals surface area contributed by atoms with Gasteiger partial charge in [0.25, 0.3) is 0 Å². The van der Waals surface area contributed by atoms with Gasteiger partial charge in [-0.2, -0.15) is 0 Å². The summed E-state index contributed by atoms with van der Waals surface area (Å²) in [6.07, 6.45) is 3.14. The van der Waals surface area contributed by atoms with E-state index in [-0.39, 0.29) is 23.5 Å². The standard InChI is InChI=1S/C26H46N2O5Si/c1-9-33-34(10-2,15-11-13-19-17-21(29)27(23(19)31)25(3,4)5)16-12-14-20-18-22(30)28(24(20)32)26(6,7)8/h17-18,29-32H,9-16H2,1-8H3. The topological polar surface area (TPSA) is 100 Å². The van der Waals surface area contributed by atoms with E-state index in [0.29, 0.717) is 19.4 Å². The van der Waals surface area contributed by atoms with Crippen LogP contribution in [-0.2, 0) is 28.3 Å². The van der Waals surface area contributed by atoms with Gasteiger partial charge in [0.1, 0.15) is 0 Å². The first-order valence-electron chi connectivity index (χ1n) is 12.6. The first-order chi connectivity index (χ1) is 15.7. The second-order valence-electron chi connectivity index (χ2n) is 11.4. The quantitative estimate of drug-likeness (QED) is 0.279. The molecule has 0 saturated heterocycles. The third kappa shape index (κ3) is 6.33. The van der Waals surface area contributed by atoms with Crippen molar-refractivity contribution in [3.05, 3.63) is 23.3 Å². The Morgan fingerprint density at radius 2 is 1.12 bits per heavy atom. The van der Waals surface area contributed by atoms with Crippen molar-refractivity contribution in [1.29, 1.82) is 0 Å². The van der Waals surface area contributed by atoms with E-state index in [1.807, 2.05) is 48.5 Å². The Balaban J connectivity index is 2.06. The van der Waals surface area contributed by atoms with Crippen LogP contribution >= 0.6 is 0 Å². The Labute approximate surface area is 206 Å². The van der Waals surface area contributed by atoms with Crippen molar-refractivity contribution in [2.75, 3.05) is 6.61 Å². The fourth-order valence-corrected chi connectivity index (χ4v) is 8.70. The zero-order valence-corrected chi connectivity index (χ0v) is 23.4. The van der Waals surface area contributed by atoms with Crippen LogP contribution in [0.3, 0.4) is 0 Å². The van der Waals surface area contributed by atoms with Gasteiger partial charge in [-0.1, -0.05) is 6.92 Å². The van der Waals surface area contributed by atoms with Crippen molar-refractivity contribution in [3.8, 4) is 23.5 Å². The molecule has 0 bridgehead atoms. The Hall–Kier alpha value is -2.06. The van der Waals surface area contributed by atoms with Gasteiger partial charge in [0.15, 0.2) is 31.8 Å². The lowest BCUT2D eigenvalue weighted by atomic mass is 10.1. The Kier molecular flexibility index (Phi) is 8.86. The zero-order valence-electron chi connectivity index (χ0n) is 22.4. The molecule has 0 aliphatic heterocycles. The fraction of sp³-hybridized carbons (Fsp3) is 0.692. The molecule has 0 spiro atoms. The second kappa shape index (κ2) is 10.7. The molecule has 194 valence electrons. The summed E-state index contributed by atoms with van der Waals surface area (Å²) in [6, 6.07) is 6.29. The van der Waals surface area contributed by atoms with Crippen LogP contribution in [0.15, 0.2) is 12.1 Å². The second-order valence-corrected chi connectivity index (χ2v) is 15.8. The molecule has 0 radical (unpaired) electrons. The third-order valence-corrected chi connectivity index (χ3v) is 11.4. The zero-order chi connectivity index (χ0) is 25.9. The molecule has 0 aliphatic carbocycles. The first-order valence-corrected chi connectivity index (χ1v) is 15.1. The van der Waals surface area contributed by atoms with E-state index in [9.17, 15) is 20.4 Å². The lowest BCUT2D eigenvalue weighted by Gasteiger charge is -2.30. The number of aryl methyl sites for hydroxylation is 2. The van der Waals surface area contributed by atoms with E-state index in [1.54, 1.807) is 21.3 Å². The molecular formula is C26H46N2O5Si.